The molecule has 0 aromatic carbocycles. The van der Waals surface area contributed by atoms with Crippen molar-refractivity contribution in [2.75, 3.05) is 0 Å². The van der Waals surface area contributed by atoms with Gasteiger partial charge in [-0.15, -0.1) is 0 Å². The monoisotopic (exact) mass is 228 g/mol. The molecule has 0 atom stereocenters. The Morgan fingerprint density at radius 3 is 2.25 bits per heavy atom. The van der Waals surface area contributed by atoms with Gasteiger partial charge in [-0.1, -0.05) is 19.3 Å². The van der Waals surface area contributed by atoms with Crippen LogP contribution in [0.15, 0.2) is 0 Å². The third kappa shape index (κ3) is 3.72. The number of carbonyl (C=O) groups excluding carboxylic acids is 1. The SMILES string of the molecule is CC(C)(NC(=O)NC1CCCCC1)C(=O)O. The fourth-order valence-electron chi connectivity index (χ4n) is 1.81. The second kappa shape index (κ2) is 5.18. The van der Waals surface area contributed by atoms with Gasteiger partial charge in [0.25, 0.3) is 0 Å². The molecule has 3 N–H and O–H groups in total. The van der Waals surface area contributed by atoms with Gasteiger partial charge in [0, 0.05) is 6.04 Å². The predicted octanol–water partition coefficient (Wildman–Crippen LogP) is 1.48. The van der Waals surface area contributed by atoms with Crippen LogP contribution in [0.3, 0.4) is 0 Å². The summed E-state index contributed by atoms with van der Waals surface area (Å²) in [5.74, 6) is -1.04. The van der Waals surface area contributed by atoms with Crippen LogP contribution in [-0.2, 0) is 4.79 Å². The molecule has 5 nitrogen and oxygen atoms in total. The van der Waals surface area contributed by atoms with Crippen LogP contribution in [0.25, 0.3) is 0 Å². The third-order valence-electron chi connectivity index (χ3n) is 2.90. The van der Waals surface area contributed by atoms with Crippen LogP contribution in [0.4, 0.5) is 4.79 Å². The van der Waals surface area contributed by atoms with E-state index in [2.05, 4.69) is 10.6 Å². The molecule has 2 amide bonds. The van der Waals surface area contributed by atoms with Gasteiger partial charge in [0.05, 0.1) is 0 Å². The standard InChI is InChI=1S/C11H20N2O3/c1-11(2,9(14)15)13-10(16)12-8-6-4-3-5-7-8/h8H,3-7H2,1-2H3,(H,14,15)(H2,12,13,16). The van der Waals surface area contributed by atoms with E-state index in [1.54, 1.807) is 0 Å². The van der Waals surface area contributed by atoms with E-state index in [0.29, 0.717) is 0 Å². The highest BCUT2D eigenvalue weighted by Crippen LogP contribution is 2.17. The number of amides is 2. The first kappa shape index (κ1) is 12.8. The zero-order valence-corrected chi connectivity index (χ0v) is 9.88. The van der Waals surface area contributed by atoms with Crippen molar-refractivity contribution in [1.82, 2.24) is 10.6 Å². The lowest BCUT2D eigenvalue weighted by atomic mass is 9.96. The molecular weight excluding hydrogens is 208 g/mol. The fraction of sp³-hybridized carbons (Fsp3) is 0.818. The minimum Gasteiger partial charge on any atom is -0.480 e. The van der Waals surface area contributed by atoms with Crippen molar-refractivity contribution in [2.45, 2.75) is 57.5 Å². The van der Waals surface area contributed by atoms with Crippen molar-refractivity contribution in [3.63, 3.8) is 0 Å². The van der Waals surface area contributed by atoms with Crippen molar-refractivity contribution in [3.05, 3.63) is 0 Å². The molecule has 1 fully saturated rings. The van der Waals surface area contributed by atoms with E-state index in [-0.39, 0.29) is 12.1 Å². The maximum atomic E-state index is 11.5. The lowest BCUT2D eigenvalue weighted by Gasteiger charge is -2.26. The molecule has 1 rings (SSSR count). The molecular formula is C11H20N2O3. The Hall–Kier alpha value is -1.26. The number of urea groups is 1. The van der Waals surface area contributed by atoms with E-state index >= 15 is 0 Å². The summed E-state index contributed by atoms with van der Waals surface area (Å²) in [5.41, 5.74) is -1.22. The smallest absolute Gasteiger partial charge is 0.328 e. The average Bonchev–Trinajstić information content (AvgIpc) is 2.17. The minimum absolute atomic E-state index is 0.193. The Kier molecular flexibility index (Phi) is 4.15. The third-order valence-corrected chi connectivity index (χ3v) is 2.90. The highest BCUT2D eigenvalue weighted by molar-refractivity contribution is 5.85. The zero-order valence-electron chi connectivity index (χ0n) is 9.88. The van der Waals surface area contributed by atoms with Gasteiger partial charge in [-0.05, 0) is 26.7 Å². The van der Waals surface area contributed by atoms with E-state index in [1.807, 2.05) is 0 Å². The summed E-state index contributed by atoms with van der Waals surface area (Å²) in [4.78, 5) is 22.4. The van der Waals surface area contributed by atoms with Crippen molar-refractivity contribution in [1.29, 1.82) is 0 Å². The number of aliphatic carboxylic acids is 1. The molecule has 0 aliphatic heterocycles. The second-order valence-electron chi connectivity index (χ2n) is 4.86. The van der Waals surface area contributed by atoms with Crippen molar-refractivity contribution < 1.29 is 14.7 Å². The molecule has 0 saturated heterocycles. The van der Waals surface area contributed by atoms with E-state index in [0.717, 1.165) is 25.7 Å². The fourth-order valence-corrected chi connectivity index (χ4v) is 1.81. The molecule has 1 saturated carbocycles. The van der Waals surface area contributed by atoms with Gasteiger partial charge in [-0.3, -0.25) is 0 Å². The first-order valence-electron chi connectivity index (χ1n) is 5.74. The van der Waals surface area contributed by atoms with Crippen LogP contribution >= 0.6 is 0 Å². The highest BCUT2D eigenvalue weighted by Gasteiger charge is 2.29. The summed E-state index contributed by atoms with van der Waals surface area (Å²) < 4.78 is 0. The lowest BCUT2D eigenvalue weighted by Crippen LogP contribution is -2.55. The number of hydrogen-bond acceptors (Lipinski definition) is 2. The number of rotatable bonds is 3. The first-order valence-corrected chi connectivity index (χ1v) is 5.74. The average molecular weight is 228 g/mol. The number of carboxylic acids is 1. The summed E-state index contributed by atoms with van der Waals surface area (Å²) >= 11 is 0. The summed E-state index contributed by atoms with van der Waals surface area (Å²) in [5, 5.41) is 14.1. The number of carbonyl (C=O) groups is 2. The maximum absolute atomic E-state index is 11.5. The predicted molar refractivity (Wildman–Crippen MR) is 60.3 cm³/mol. The number of nitrogens with one attached hydrogen (secondary N) is 2. The topological polar surface area (TPSA) is 78.4 Å². The largest absolute Gasteiger partial charge is 0.480 e. The van der Waals surface area contributed by atoms with Crippen LogP contribution in [-0.4, -0.2) is 28.7 Å². The van der Waals surface area contributed by atoms with E-state index in [4.69, 9.17) is 5.11 Å². The van der Waals surface area contributed by atoms with E-state index in [1.165, 1.54) is 20.3 Å². The number of hydrogen-bond donors (Lipinski definition) is 3. The molecule has 0 radical (unpaired) electrons. The molecule has 0 unspecified atom stereocenters. The Bertz CT molecular complexity index is 270. The summed E-state index contributed by atoms with van der Waals surface area (Å²) in [7, 11) is 0. The van der Waals surface area contributed by atoms with Crippen LogP contribution in [0.1, 0.15) is 46.0 Å². The van der Waals surface area contributed by atoms with Crippen molar-refractivity contribution >= 4 is 12.0 Å². The van der Waals surface area contributed by atoms with Gasteiger partial charge in [0.2, 0.25) is 0 Å². The van der Waals surface area contributed by atoms with Gasteiger partial charge < -0.3 is 15.7 Å². The molecule has 5 heteroatoms. The van der Waals surface area contributed by atoms with Crippen LogP contribution in [0, 0.1) is 0 Å². The summed E-state index contributed by atoms with van der Waals surface area (Å²) in [6.07, 6.45) is 5.46. The van der Waals surface area contributed by atoms with Gasteiger partial charge in [0.1, 0.15) is 5.54 Å². The second-order valence-corrected chi connectivity index (χ2v) is 4.86. The number of carboxylic acid groups (broad SMARTS) is 1. The van der Waals surface area contributed by atoms with Gasteiger partial charge in [0.15, 0.2) is 0 Å². The summed E-state index contributed by atoms with van der Waals surface area (Å²) in [6.45, 7) is 2.94. The Morgan fingerprint density at radius 2 is 1.75 bits per heavy atom. The van der Waals surface area contributed by atoms with E-state index in [9.17, 15) is 9.59 Å². The molecule has 16 heavy (non-hydrogen) atoms. The maximum Gasteiger partial charge on any atom is 0.328 e. The highest BCUT2D eigenvalue weighted by atomic mass is 16.4. The van der Waals surface area contributed by atoms with E-state index < -0.39 is 11.5 Å². The molecule has 0 heterocycles. The Morgan fingerprint density at radius 1 is 1.19 bits per heavy atom. The van der Waals surface area contributed by atoms with Gasteiger partial charge in [-0.25, -0.2) is 9.59 Å². The Balaban J connectivity index is 2.37. The van der Waals surface area contributed by atoms with Gasteiger partial charge >= 0.3 is 12.0 Å². The first-order chi connectivity index (χ1) is 7.42. The molecule has 92 valence electrons. The Labute approximate surface area is 95.6 Å². The van der Waals surface area contributed by atoms with Crippen LogP contribution in [0.5, 0.6) is 0 Å². The molecule has 0 aromatic heterocycles. The quantitative estimate of drug-likeness (QED) is 0.684. The van der Waals surface area contributed by atoms with Crippen molar-refractivity contribution in [2.24, 2.45) is 0 Å². The minimum atomic E-state index is -1.22. The van der Waals surface area contributed by atoms with Gasteiger partial charge in [-0.2, -0.15) is 0 Å². The van der Waals surface area contributed by atoms with Crippen molar-refractivity contribution in [3.8, 4) is 0 Å². The molecule has 0 aromatic rings. The molecule has 1 aliphatic carbocycles. The van der Waals surface area contributed by atoms with Crippen LogP contribution < -0.4 is 10.6 Å². The summed E-state index contributed by atoms with van der Waals surface area (Å²) in [6, 6.07) is -0.197. The molecule has 1 aliphatic rings. The zero-order chi connectivity index (χ0) is 12.2. The lowest BCUT2D eigenvalue weighted by molar-refractivity contribution is -0.142. The van der Waals surface area contributed by atoms with Crippen LogP contribution in [0.2, 0.25) is 0 Å². The molecule has 0 bridgehead atoms. The normalized spacial score (nSPS) is 17.9. The molecule has 0 spiro atoms.